The monoisotopic (exact) mass is 424 g/mol. The first-order chi connectivity index (χ1) is 15.0. The smallest absolute Gasteiger partial charge is 0.420 e. The molecule has 0 unspecified atom stereocenters. The van der Waals surface area contributed by atoms with Crippen molar-refractivity contribution in [3.8, 4) is 11.5 Å². The summed E-state index contributed by atoms with van der Waals surface area (Å²) in [6.45, 7) is 2.09. The number of hydrogen-bond acceptors (Lipinski definition) is 8. The van der Waals surface area contributed by atoms with Gasteiger partial charge in [-0.05, 0) is 42.8 Å². The number of nitrogens with one attached hydrogen (secondary N) is 1. The molecule has 0 saturated carbocycles. The molecular weight excluding hydrogens is 404 g/mol. The summed E-state index contributed by atoms with van der Waals surface area (Å²) in [4.78, 5) is 28.7. The van der Waals surface area contributed by atoms with Crippen molar-refractivity contribution in [3.05, 3.63) is 69.8 Å². The fourth-order valence-corrected chi connectivity index (χ4v) is 3.14. The van der Waals surface area contributed by atoms with E-state index < -0.39 is 11.7 Å². The summed E-state index contributed by atoms with van der Waals surface area (Å²) < 4.78 is 22.2. The van der Waals surface area contributed by atoms with Crippen molar-refractivity contribution in [1.29, 1.82) is 0 Å². The highest BCUT2D eigenvalue weighted by Gasteiger charge is 2.18. The van der Waals surface area contributed by atoms with Gasteiger partial charge in [-0.2, -0.15) is 4.98 Å². The Morgan fingerprint density at radius 2 is 2.00 bits per heavy atom. The number of amides is 1. The van der Waals surface area contributed by atoms with Gasteiger partial charge in [-0.3, -0.25) is 9.36 Å². The zero-order valence-corrected chi connectivity index (χ0v) is 17.2. The molecule has 0 fully saturated rings. The standard InChI is InChI=1S/C21H20N4O6/c1-12-4-6-17-15(8-12)25(21(27)30-17)11-18-23-20(31-24-18)19(26)22-10-13-9-14(28-2)5-7-16(13)29-3/h4-9H,10-11H2,1-3H3,(H,22,26). The first kappa shape index (κ1) is 20.2. The minimum absolute atomic E-state index is 0.00970. The number of methoxy groups -OCH3 is 2. The van der Waals surface area contributed by atoms with E-state index in [1.54, 1.807) is 38.5 Å². The zero-order chi connectivity index (χ0) is 22.0. The van der Waals surface area contributed by atoms with E-state index in [0.29, 0.717) is 22.6 Å². The Hall–Kier alpha value is -4.08. The van der Waals surface area contributed by atoms with Crippen LogP contribution in [0, 0.1) is 6.92 Å². The molecule has 4 aromatic rings. The normalized spacial score (nSPS) is 10.9. The highest BCUT2D eigenvalue weighted by Crippen LogP contribution is 2.23. The molecule has 31 heavy (non-hydrogen) atoms. The molecule has 0 spiro atoms. The van der Waals surface area contributed by atoms with Gasteiger partial charge in [0.15, 0.2) is 11.4 Å². The molecule has 4 rings (SSSR count). The van der Waals surface area contributed by atoms with Gasteiger partial charge in [0.2, 0.25) is 0 Å². The van der Waals surface area contributed by atoms with Crippen LogP contribution in [0.2, 0.25) is 0 Å². The number of ether oxygens (including phenoxy) is 2. The van der Waals surface area contributed by atoms with Gasteiger partial charge in [-0.15, -0.1) is 0 Å². The summed E-state index contributed by atoms with van der Waals surface area (Å²) in [5, 5.41) is 6.51. The molecule has 0 saturated heterocycles. The lowest BCUT2D eigenvalue weighted by Gasteiger charge is -2.10. The predicted octanol–water partition coefficient (Wildman–Crippen LogP) is 2.28. The third-order valence-corrected chi connectivity index (χ3v) is 4.71. The molecule has 2 aromatic heterocycles. The maximum atomic E-state index is 12.4. The van der Waals surface area contributed by atoms with E-state index >= 15 is 0 Å². The van der Waals surface area contributed by atoms with E-state index in [0.717, 1.165) is 11.1 Å². The van der Waals surface area contributed by atoms with Gasteiger partial charge in [0.05, 0.1) is 26.3 Å². The summed E-state index contributed by atoms with van der Waals surface area (Å²) in [6.07, 6.45) is 0. The first-order valence-corrected chi connectivity index (χ1v) is 9.40. The molecular formula is C21H20N4O6. The zero-order valence-electron chi connectivity index (χ0n) is 17.2. The summed E-state index contributed by atoms with van der Waals surface area (Å²) in [5.41, 5.74) is 2.78. The van der Waals surface area contributed by atoms with Crippen molar-refractivity contribution >= 4 is 17.0 Å². The molecule has 160 valence electrons. The third-order valence-electron chi connectivity index (χ3n) is 4.71. The largest absolute Gasteiger partial charge is 0.497 e. The second-order valence-electron chi connectivity index (χ2n) is 6.80. The Morgan fingerprint density at radius 3 is 2.77 bits per heavy atom. The number of nitrogens with zero attached hydrogens (tertiary/aromatic N) is 3. The van der Waals surface area contributed by atoms with E-state index in [9.17, 15) is 9.59 Å². The van der Waals surface area contributed by atoms with E-state index in [2.05, 4.69) is 15.5 Å². The molecule has 0 atom stereocenters. The van der Waals surface area contributed by atoms with Crippen LogP contribution in [0.15, 0.2) is 50.1 Å². The Kier molecular flexibility index (Phi) is 5.44. The Labute approximate surface area is 176 Å². The van der Waals surface area contributed by atoms with Gasteiger partial charge < -0.3 is 23.7 Å². The van der Waals surface area contributed by atoms with Gasteiger partial charge in [-0.1, -0.05) is 11.2 Å². The topological polar surface area (TPSA) is 122 Å². The number of aromatic nitrogens is 3. The molecule has 1 amide bonds. The molecule has 0 bridgehead atoms. The molecule has 0 aliphatic rings. The average Bonchev–Trinajstić information content (AvgIpc) is 3.36. The van der Waals surface area contributed by atoms with Gasteiger partial charge >= 0.3 is 17.6 Å². The number of carbonyl (C=O) groups is 1. The van der Waals surface area contributed by atoms with Crippen LogP contribution in [-0.4, -0.2) is 34.8 Å². The average molecular weight is 424 g/mol. The minimum Gasteiger partial charge on any atom is -0.497 e. The van der Waals surface area contributed by atoms with E-state index in [-0.39, 0.29) is 24.8 Å². The third kappa shape index (κ3) is 4.13. The van der Waals surface area contributed by atoms with Gasteiger partial charge in [0, 0.05) is 12.1 Å². The molecule has 2 aromatic carbocycles. The van der Waals surface area contributed by atoms with E-state index in [1.807, 2.05) is 19.1 Å². The van der Waals surface area contributed by atoms with E-state index in [4.69, 9.17) is 18.4 Å². The molecule has 0 aliphatic heterocycles. The van der Waals surface area contributed by atoms with Crippen molar-refractivity contribution < 1.29 is 23.2 Å². The fraction of sp³-hybridized carbons (Fsp3) is 0.238. The van der Waals surface area contributed by atoms with Crippen LogP contribution < -0.4 is 20.5 Å². The Morgan fingerprint density at radius 1 is 1.16 bits per heavy atom. The maximum Gasteiger partial charge on any atom is 0.420 e. The van der Waals surface area contributed by atoms with Crippen molar-refractivity contribution in [2.75, 3.05) is 14.2 Å². The predicted molar refractivity (Wildman–Crippen MR) is 109 cm³/mol. The van der Waals surface area contributed by atoms with Crippen molar-refractivity contribution in [2.45, 2.75) is 20.0 Å². The van der Waals surface area contributed by atoms with Crippen LogP contribution in [0.3, 0.4) is 0 Å². The molecule has 0 radical (unpaired) electrons. The molecule has 2 heterocycles. The Balaban J connectivity index is 1.48. The number of hydrogen-bond donors (Lipinski definition) is 1. The van der Waals surface area contributed by atoms with E-state index in [1.165, 1.54) is 4.57 Å². The summed E-state index contributed by atoms with van der Waals surface area (Å²) in [7, 11) is 3.10. The molecule has 10 heteroatoms. The molecule has 0 aliphatic carbocycles. The van der Waals surface area contributed by atoms with Crippen LogP contribution in [0.1, 0.15) is 27.6 Å². The van der Waals surface area contributed by atoms with Crippen molar-refractivity contribution in [1.82, 2.24) is 20.0 Å². The lowest BCUT2D eigenvalue weighted by Crippen LogP contribution is -2.23. The number of benzene rings is 2. The fourth-order valence-electron chi connectivity index (χ4n) is 3.14. The number of fused-ring (bicyclic) bond motifs is 1. The van der Waals surface area contributed by atoms with Gasteiger partial charge in [-0.25, -0.2) is 4.79 Å². The summed E-state index contributed by atoms with van der Waals surface area (Å²) in [6, 6.07) is 10.7. The van der Waals surface area contributed by atoms with Crippen LogP contribution in [-0.2, 0) is 13.1 Å². The lowest BCUT2D eigenvalue weighted by atomic mass is 10.2. The SMILES string of the molecule is COc1ccc(OC)c(CNC(=O)c2nc(Cn3c(=O)oc4ccc(C)cc43)no2)c1. The number of rotatable bonds is 7. The summed E-state index contributed by atoms with van der Waals surface area (Å²) >= 11 is 0. The molecule has 10 nitrogen and oxygen atoms in total. The van der Waals surface area contributed by atoms with Crippen LogP contribution in [0.4, 0.5) is 0 Å². The molecule has 1 N–H and O–H groups in total. The highest BCUT2D eigenvalue weighted by atomic mass is 16.5. The lowest BCUT2D eigenvalue weighted by molar-refractivity contribution is 0.0906. The second kappa shape index (κ2) is 8.34. The highest BCUT2D eigenvalue weighted by molar-refractivity contribution is 5.89. The van der Waals surface area contributed by atoms with Crippen LogP contribution in [0.25, 0.3) is 11.1 Å². The van der Waals surface area contributed by atoms with Gasteiger partial charge in [0.25, 0.3) is 0 Å². The quantitative estimate of drug-likeness (QED) is 0.480. The number of oxazole rings is 1. The second-order valence-corrected chi connectivity index (χ2v) is 6.80. The Bertz CT molecular complexity index is 1300. The van der Waals surface area contributed by atoms with Crippen molar-refractivity contribution in [2.24, 2.45) is 0 Å². The van der Waals surface area contributed by atoms with Crippen LogP contribution in [0.5, 0.6) is 11.5 Å². The number of aryl methyl sites for hydroxylation is 1. The minimum atomic E-state index is -0.552. The maximum absolute atomic E-state index is 12.4. The number of carbonyl (C=O) groups excluding carboxylic acids is 1. The first-order valence-electron chi connectivity index (χ1n) is 9.40. The van der Waals surface area contributed by atoms with Gasteiger partial charge in [0.1, 0.15) is 11.5 Å². The van der Waals surface area contributed by atoms with Crippen molar-refractivity contribution in [3.63, 3.8) is 0 Å². The van der Waals surface area contributed by atoms with Crippen LogP contribution >= 0.6 is 0 Å². The summed E-state index contributed by atoms with van der Waals surface area (Å²) in [5.74, 6) is 0.113.